The largest absolute Gasteiger partial charge is 0.346 e. The van der Waals surface area contributed by atoms with Gasteiger partial charge < -0.3 is 9.47 Å². The van der Waals surface area contributed by atoms with Gasteiger partial charge in [-0.2, -0.15) is 0 Å². The van der Waals surface area contributed by atoms with Crippen LogP contribution in [0.5, 0.6) is 0 Å². The molecule has 0 unspecified atom stereocenters. The number of piperazine rings is 1. The number of carbonyl (C=O) groups excluding carboxylic acids is 1. The van der Waals surface area contributed by atoms with Gasteiger partial charge in [-0.05, 0) is 50.0 Å². The van der Waals surface area contributed by atoms with Crippen molar-refractivity contribution in [2.45, 2.75) is 39.3 Å². The van der Waals surface area contributed by atoms with Crippen LogP contribution in [0.2, 0.25) is 0 Å². The molecule has 4 rings (SSSR count). The third kappa shape index (κ3) is 4.16. The highest BCUT2D eigenvalue weighted by atomic mass is 16.2. The fourth-order valence-electron chi connectivity index (χ4n) is 4.10. The van der Waals surface area contributed by atoms with Crippen LogP contribution in [-0.4, -0.2) is 46.5 Å². The van der Waals surface area contributed by atoms with Crippen LogP contribution in [0.1, 0.15) is 41.4 Å². The van der Waals surface area contributed by atoms with Gasteiger partial charge in [-0.25, -0.2) is 0 Å². The van der Waals surface area contributed by atoms with Crippen LogP contribution in [0.15, 0.2) is 42.5 Å². The van der Waals surface area contributed by atoms with Gasteiger partial charge in [0.25, 0.3) is 0 Å². The second-order valence-corrected chi connectivity index (χ2v) is 7.85. The molecule has 1 aliphatic carbocycles. The van der Waals surface area contributed by atoms with E-state index in [9.17, 15) is 4.79 Å². The summed E-state index contributed by atoms with van der Waals surface area (Å²) >= 11 is 0. The smallest absolute Gasteiger partial charge is 0.246 e. The number of amides is 1. The van der Waals surface area contributed by atoms with E-state index in [4.69, 9.17) is 0 Å². The predicted molar refractivity (Wildman–Crippen MR) is 110 cm³/mol. The Kier molecular flexibility index (Phi) is 5.17. The zero-order valence-electron chi connectivity index (χ0n) is 16.4. The molecule has 1 amide bonds. The molecule has 1 saturated heterocycles. The van der Waals surface area contributed by atoms with Gasteiger partial charge in [0.1, 0.15) is 0 Å². The van der Waals surface area contributed by atoms with Gasteiger partial charge in [0.2, 0.25) is 5.91 Å². The Balaban J connectivity index is 1.32. The van der Waals surface area contributed by atoms with E-state index in [0.717, 1.165) is 32.7 Å². The first-order valence-corrected chi connectivity index (χ1v) is 10.0. The quantitative estimate of drug-likeness (QED) is 0.756. The Morgan fingerprint density at radius 3 is 2.44 bits per heavy atom. The second kappa shape index (κ2) is 7.73. The first kappa shape index (κ1) is 18.1. The molecule has 0 spiro atoms. The van der Waals surface area contributed by atoms with E-state index >= 15 is 0 Å². The van der Waals surface area contributed by atoms with Gasteiger partial charge in [0.15, 0.2) is 0 Å². The first-order valence-electron chi connectivity index (χ1n) is 10.0. The van der Waals surface area contributed by atoms with E-state index in [1.165, 1.54) is 35.4 Å². The average Bonchev–Trinajstić information content (AvgIpc) is 3.47. The highest BCUT2D eigenvalue weighted by Crippen LogP contribution is 2.38. The zero-order valence-corrected chi connectivity index (χ0v) is 16.4. The fourth-order valence-corrected chi connectivity index (χ4v) is 4.10. The molecular formula is C23H29N3O. The highest BCUT2D eigenvalue weighted by molar-refractivity contribution is 5.92. The lowest BCUT2D eigenvalue weighted by Crippen LogP contribution is -2.47. The maximum absolute atomic E-state index is 12.6. The van der Waals surface area contributed by atoms with E-state index in [2.05, 4.69) is 59.7 Å². The van der Waals surface area contributed by atoms with Crippen LogP contribution in [-0.2, 0) is 11.3 Å². The maximum atomic E-state index is 12.6. The molecule has 27 heavy (non-hydrogen) atoms. The molecule has 2 fully saturated rings. The first-order chi connectivity index (χ1) is 13.1. The average molecular weight is 364 g/mol. The van der Waals surface area contributed by atoms with Crippen molar-refractivity contribution < 1.29 is 4.79 Å². The van der Waals surface area contributed by atoms with Crippen LogP contribution in [0.25, 0.3) is 6.08 Å². The summed E-state index contributed by atoms with van der Waals surface area (Å²) in [5.41, 5.74) is 5.10. The van der Waals surface area contributed by atoms with Crippen molar-refractivity contribution in [1.82, 2.24) is 14.4 Å². The minimum atomic E-state index is 0.130. The molecule has 1 saturated carbocycles. The number of aryl methyl sites for hydroxylation is 1. The summed E-state index contributed by atoms with van der Waals surface area (Å²) < 4.78 is 2.42. The molecule has 4 nitrogen and oxygen atoms in total. The molecule has 2 aliphatic rings. The van der Waals surface area contributed by atoms with Crippen molar-refractivity contribution in [1.29, 1.82) is 0 Å². The van der Waals surface area contributed by atoms with Crippen LogP contribution in [0.4, 0.5) is 0 Å². The van der Waals surface area contributed by atoms with Crippen LogP contribution >= 0.6 is 0 Å². The SMILES string of the molecule is Cc1cc(/C=C/C(=O)N2CCN(Cc3ccccc3)CC2)c(C)n1C1CC1. The van der Waals surface area contributed by atoms with Crippen LogP contribution in [0, 0.1) is 13.8 Å². The van der Waals surface area contributed by atoms with Crippen molar-refractivity contribution in [3.8, 4) is 0 Å². The lowest BCUT2D eigenvalue weighted by Gasteiger charge is -2.34. The van der Waals surface area contributed by atoms with Crippen molar-refractivity contribution in [3.63, 3.8) is 0 Å². The number of hydrogen-bond acceptors (Lipinski definition) is 2. The lowest BCUT2D eigenvalue weighted by molar-refractivity contribution is -0.127. The monoisotopic (exact) mass is 363 g/mol. The minimum absolute atomic E-state index is 0.130. The standard InChI is InChI=1S/C23H29N3O/c1-18-16-21(19(2)26(18)22-9-10-22)8-11-23(27)25-14-12-24(13-15-25)17-20-6-4-3-5-7-20/h3-8,11,16,22H,9-10,12-15,17H2,1-2H3/b11-8+. The van der Waals surface area contributed by atoms with E-state index < -0.39 is 0 Å². The number of aromatic nitrogens is 1. The third-order valence-electron chi connectivity index (χ3n) is 5.77. The predicted octanol–water partition coefficient (Wildman–Crippen LogP) is 3.80. The summed E-state index contributed by atoms with van der Waals surface area (Å²) in [6, 6.07) is 13.4. The number of carbonyl (C=O) groups is 1. The van der Waals surface area contributed by atoms with E-state index in [1.807, 2.05) is 11.0 Å². The van der Waals surface area contributed by atoms with Gasteiger partial charge in [0.05, 0.1) is 0 Å². The number of benzene rings is 1. The van der Waals surface area contributed by atoms with Gasteiger partial charge in [-0.1, -0.05) is 30.3 Å². The summed E-state index contributed by atoms with van der Waals surface area (Å²) in [5.74, 6) is 0.130. The third-order valence-corrected chi connectivity index (χ3v) is 5.77. The highest BCUT2D eigenvalue weighted by Gasteiger charge is 2.26. The molecule has 4 heteroatoms. The molecule has 0 bridgehead atoms. The molecule has 1 aromatic heterocycles. The molecule has 1 aromatic carbocycles. The summed E-state index contributed by atoms with van der Waals surface area (Å²) in [5, 5.41) is 0. The summed E-state index contributed by atoms with van der Waals surface area (Å²) in [4.78, 5) is 17.0. The Morgan fingerprint density at radius 2 is 1.78 bits per heavy atom. The molecule has 2 aromatic rings. The van der Waals surface area contributed by atoms with E-state index in [1.54, 1.807) is 6.08 Å². The summed E-state index contributed by atoms with van der Waals surface area (Å²) in [6.45, 7) is 8.77. The van der Waals surface area contributed by atoms with Gasteiger partial charge >= 0.3 is 0 Å². The molecule has 2 heterocycles. The number of nitrogens with zero attached hydrogens (tertiary/aromatic N) is 3. The number of hydrogen-bond donors (Lipinski definition) is 0. The van der Waals surface area contributed by atoms with Gasteiger partial charge in [-0.3, -0.25) is 9.69 Å². The molecule has 142 valence electrons. The second-order valence-electron chi connectivity index (χ2n) is 7.85. The van der Waals surface area contributed by atoms with Gasteiger partial charge in [-0.15, -0.1) is 0 Å². The molecule has 1 aliphatic heterocycles. The van der Waals surface area contributed by atoms with E-state index in [-0.39, 0.29) is 5.91 Å². The Hall–Kier alpha value is -2.33. The van der Waals surface area contributed by atoms with Crippen molar-refractivity contribution in [2.24, 2.45) is 0 Å². The molecule has 0 radical (unpaired) electrons. The molecular weight excluding hydrogens is 334 g/mol. The Labute approximate surface area is 162 Å². The van der Waals surface area contributed by atoms with Crippen molar-refractivity contribution >= 4 is 12.0 Å². The topological polar surface area (TPSA) is 28.5 Å². The normalized spacial score (nSPS) is 18.4. The van der Waals surface area contributed by atoms with Crippen LogP contribution in [0.3, 0.4) is 0 Å². The fraction of sp³-hybridized carbons (Fsp3) is 0.435. The maximum Gasteiger partial charge on any atom is 0.246 e. The van der Waals surface area contributed by atoms with Gasteiger partial charge in [0, 0.05) is 56.2 Å². The van der Waals surface area contributed by atoms with Crippen molar-refractivity contribution in [2.75, 3.05) is 26.2 Å². The van der Waals surface area contributed by atoms with E-state index in [0.29, 0.717) is 6.04 Å². The summed E-state index contributed by atoms with van der Waals surface area (Å²) in [7, 11) is 0. The Morgan fingerprint density at radius 1 is 1.07 bits per heavy atom. The summed E-state index contributed by atoms with van der Waals surface area (Å²) in [6.07, 6.45) is 6.32. The Bertz CT molecular complexity index is 825. The van der Waals surface area contributed by atoms with Crippen LogP contribution < -0.4 is 0 Å². The van der Waals surface area contributed by atoms with Crippen molar-refractivity contribution in [3.05, 3.63) is 65.0 Å². The zero-order chi connectivity index (χ0) is 18.8. The molecule has 0 N–H and O–H groups in total. The minimum Gasteiger partial charge on any atom is -0.346 e. The lowest BCUT2D eigenvalue weighted by atomic mass is 10.2. The molecule has 0 atom stereocenters. The number of rotatable bonds is 5.